The monoisotopic (exact) mass is 394 g/mol. The number of urea groups is 1. The average molecular weight is 394 g/mol. The van der Waals surface area contributed by atoms with E-state index < -0.39 is 6.03 Å². The summed E-state index contributed by atoms with van der Waals surface area (Å²) in [5, 5.41) is 7.91. The molecule has 152 valence electrons. The van der Waals surface area contributed by atoms with Crippen molar-refractivity contribution in [3.8, 4) is 0 Å². The molecule has 0 saturated heterocycles. The van der Waals surface area contributed by atoms with Gasteiger partial charge in [-0.2, -0.15) is 0 Å². The van der Waals surface area contributed by atoms with Crippen molar-refractivity contribution in [2.24, 2.45) is 5.92 Å². The van der Waals surface area contributed by atoms with Crippen molar-refractivity contribution in [2.75, 3.05) is 29.9 Å². The Morgan fingerprint density at radius 3 is 2.62 bits per heavy atom. The number of anilines is 2. The highest BCUT2D eigenvalue weighted by Crippen LogP contribution is 2.29. The van der Waals surface area contributed by atoms with Crippen molar-refractivity contribution in [2.45, 2.75) is 20.3 Å². The molecule has 2 aromatic rings. The predicted octanol–water partition coefficient (Wildman–Crippen LogP) is 2.78. The van der Waals surface area contributed by atoms with Gasteiger partial charge in [0.15, 0.2) is 0 Å². The minimum absolute atomic E-state index is 0.105. The Kier molecular flexibility index (Phi) is 6.49. The topological polar surface area (TPSA) is 90.5 Å². The number of para-hydroxylation sites is 1. The Hall–Kier alpha value is -3.35. The first-order valence-corrected chi connectivity index (χ1v) is 9.75. The summed E-state index contributed by atoms with van der Waals surface area (Å²) in [6.07, 6.45) is 0.834. The highest BCUT2D eigenvalue weighted by molar-refractivity contribution is 6.08. The quantitative estimate of drug-likeness (QED) is 0.704. The van der Waals surface area contributed by atoms with Crippen LogP contribution in [0.5, 0.6) is 0 Å². The molecule has 0 spiro atoms. The number of hydrogen-bond donors (Lipinski definition) is 3. The molecular formula is C22H26N4O3. The van der Waals surface area contributed by atoms with Crippen LogP contribution in [0.15, 0.2) is 48.5 Å². The molecule has 3 N–H and O–H groups in total. The lowest BCUT2D eigenvalue weighted by Crippen LogP contribution is -2.40. The third-order valence-electron chi connectivity index (χ3n) is 4.62. The van der Waals surface area contributed by atoms with Crippen LogP contribution >= 0.6 is 0 Å². The molecule has 0 radical (unpaired) electrons. The Balaban J connectivity index is 1.58. The van der Waals surface area contributed by atoms with E-state index in [-0.39, 0.29) is 18.4 Å². The Labute approximate surface area is 170 Å². The summed E-state index contributed by atoms with van der Waals surface area (Å²) in [6.45, 7) is 5.08. The molecular weight excluding hydrogens is 368 g/mol. The van der Waals surface area contributed by atoms with E-state index in [4.69, 9.17) is 0 Å². The molecule has 1 heterocycles. The molecule has 0 fully saturated rings. The van der Waals surface area contributed by atoms with Gasteiger partial charge in [0.1, 0.15) is 0 Å². The summed E-state index contributed by atoms with van der Waals surface area (Å²) in [5.41, 5.74) is 3.07. The van der Waals surface area contributed by atoms with Crippen LogP contribution in [0.25, 0.3) is 0 Å². The second-order valence-electron chi connectivity index (χ2n) is 7.42. The molecule has 0 aliphatic carbocycles. The number of nitrogens with one attached hydrogen (secondary N) is 3. The summed E-state index contributed by atoms with van der Waals surface area (Å²) < 4.78 is 0. The van der Waals surface area contributed by atoms with Crippen molar-refractivity contribution < 1.29 is 14.4 Å². The largest absolute Gasteiger partial charge is 0.354 e. The molecule has 1 aliphatic heterocycles. The van der Waals surface area contributed by atoms with Crippen LogP contribution in [-0.4, -0.2) is 37.5 Å². The van der Waals surface area contributed by atoms with Gasteiger partial charge >= 0.3 is 6.03 Å². The van der Waals surface area contributed by atoms with E-state index in [0.717, 1.165) is 17.7 Å². The van der Waals surface area contributed by atoms with Gasteiger partial charge < -0.3 is 20.9 Å². The van der Waals surface area contributed by atoms with Crippen molar-refractivity contribution >= 4 is 29.2 Å². The van der Waals surface area contributed by atoms with Crippen molar-refractivity contribution in [3.05, 3.63) is 59.7 Å². The molecule has 7 heteroatoms. The lowest BCUT2D eigenvalue weighted by atomic mass is 10.1. The van der Waals surface area contributed by atoms with E-state index in [2.05, 4.69) is 16.0 Å². The van der Waals surface area contributed by atoms with Crippen LogP contribution in [0.2, 0.25) is 0 Å². The van der Waals surface area contributed by atoms with Gasteiger partial charge in [-0.25, -0.2) is 4.79 Å². The summed E-state index contributed by atoms with van der Waals surface area (Å²) in [7, 11) is 0. The van der Waals surface area contributed by atoms with Crippen molar-refractivity contribution in [1.29, 1.82) is 0 Å². The van der Waals surface area contributed by atoms with E-state index in [0.29, 0.717) is 30.3 Å². The molecule has 0 unspecified atom stereocenters. The van der Waals surface area contributed by atoms with E-state index in [1.165, 1.54) is 0 Å². The number of amides is 4. The zero-order valence-electron chi connectivity index (χ0n) is 16.7. The second kappa shape index (κ2) is 9.23. The maximum atomic E-state index is 12.9. The fourth-order valence-electron chi connectivity index (χ4n) is 3.15. The summed E-state index contributed by atoms with van der Waals surface area (Å²) in [6, 6.07) is 14.2. The Morgan fingerprint density at radius 1 is 1.03 bits per heavy atom. The Morgan fingerprint density at radius 2 is 1.83 bits per heavy atom. The molecule has 2 aromatic carbocycles. The number of carbonyl (C=O) groups excluding carboxylic acids is 3. The molecule has 1 aliphatic rings. The molecule has 0 bridgehead atoms. The van der Waals surface area contributed by atoms with Gasteiger partial charge in [-0.05, 0) is 42.2 Å². The van der Waals surface area contributed by atoms with Crippen molar-refractivity contribution in [3.63, 3.8) is 0 Å². The van der Waals surface area contributed by atoms with E-state index in [1.54, 1.807) is 29.2 Å². The lowest BCUT2D eigenvalue weighted by Gasteiger charge is -2.18. The maximum absolute atomic E-state index is 12.9. The van der Waals surface area contributed by atoms with E-state index >= 15 is 0 Å². The first-order valence-electron chi connectivity index (χ1n) is 9.75. The summed E-state index contributed by atoms with van der Waals surface area (Å²) in [5.74, 6) is -0.00632. The number of fused-ring (bicyclic) bond motifs is 1. The fraction of sp³-hybridized carbons (Fsp3) is 0.318. The number of rotatable bonds is 6. The van der Waals surface area contributed by atoms with E-state index in [1.807, 2.05) is 38.1 Å². The number of carbonyl (C=O) groups is 3. The highest BCUT2D eigenvalue weighted by Gasteiger charge is 2.25. The zero-order valence-corrected chi connectivity index (χ0v) is 16.7. The summed E-state index contributed by atoms with van der Waals surface area (Å²) in [4.78, 5) is 38.4. The lowest BCUT2D eigenvalue weighted by molar-refractivity contribution is -0.120. The normalized spacial score (nSPS) is 12.4. The maximum Gasteiger partial charge on any atom is 0.319 e. The number of nitrogens with zero attached hydrogens (tertiary/aromatic N) is 1. The average Bonchev–Trinajstić information content (AvgIpc) is 3.14. The number of hydrogen-bond acceptors (Lipinski definition) is 3. The Bertz CT molecular complexity index is 910. The van der Waals surface area contributed by atoms with Gasteiger partial charge in [0.05, 0.1) is 6.54 Å². The zero-order chi connectivity index (χ0) is 20.8. The van der Waals surface area contributed by atoms with Crippen LogP contribution in [0.3, 0.4) is 0 Å². The number of benzene rings is 2. The van der Waals surface area contributed by atoms with Crippen molar-refractivity contribution in [1.82, 2.24) is 10.6 Å². The SMILES string of the molecule is CC(C)CNC(=O)CNC(=O)Nc1cccc(C(=O)N2CCc3ccccc32)c1. The van der Waals surface area contributed by atoms with Gasteiger partial charge in [0.25, 0.3) is 5.91 Å². The van der Waals surface area contributed by atoms with Crippen LogP contribution in [0.1, 0.15) is 29.8 Å². The molecule has 0 atom stereocenters. The van der Waals surface area contributed by atoms with E-state index in [9.17, 15) is 14.4 Å². The fourth-order valence-corrected chi connectivity index (χ4v) is 3.15. The minimum atomic E-state index is -0.499. The molecule has 0 saturated carbocycles. The van der Waals surface area contributed by atoms with Gasteiger partial charge in [0, 0.05) is 30.0 Å². The van der Waals surface area contributed by atoms with Gasteiger partial charge in [-0.1, -0.05) is 38.1 Å². The molecule has 4 amide bonds. The molecule has 7 nitrogen and oxygen atoms in total. The summed E-state index contributed by atoms with van der Waals surface area (Å²) >= 11 is 0. The van der Waals surface area contributed by atoms with Crippen LogP contribution < -0.4 is 20.9 Å². The third kappa shape index (κ3) is 5.34. The third-order valence-corrected chi connectivity index (χ3v) is 4.62. The smallest absolute Gasteiger partial charge is 0.319 e. The van der Waals surface area contributed by atoms with Crippen LogP contribution in [-0.2, 0) is 11.2 Å². The first-order chi connectivity index (χ1) is 13.9. The second-order valence-corrected chi connectivity index (χ2v) is 7.42. The highest BCUT2D eigenvalue weighted by atomic mass is 16.2. The first kappa shape index (κ1) is 20.4. The van der Waals surface area contributed by atoms with Crippen LogP contribution in [0, 0.1) is 5.92 Å². The minimum Gasteiger partial charge on any atom is -0.354 e. The molecule has 29 heavy (non-hydrogen) atoms. The van der Waals surface area contributed by atoms with Gasteiger partial charge in [-0.15, -0.1) is 0 Å². The van der Waals surface area contributed by atoms with Crippen LogP contribution in [0.4, 0.5) is 16.2 Å². The molecule has 0 aromatic heterocycles. The predicted molar refractivity (Wildman–Crippen MR) is 113 cm³/mol. The van der Waals surface area contributed by atoms with Gasteiger partial charge in [-0.3, -0.25) is 9.59 Å². The van der Waals surface area contributed by atoms with Gasteiger partial charge in [0.2, 0.25) is 5.91 Å². The molecule has 3 rings (SSSR count). The standard InChI is InChI=1S/C22H26N4O3/c1-15(2)13-23-20(27)14-24-22(29)25-18-8-5-7-17(12-18)21(28)26-11-10-16-6-3-4-9-19(16)26/h3-9,12,15H,10-11,13-14H2,1-2H3,(H,23,27)(H2,24,25,29).